The number of likely N-dealkylation sites (N-methyl/N-ethyl adjacent to an activating group) is 1. The van der Waals surface area contributed by atoms with E-state index in [9.17, 15) is 32.3 Å². The molecule has 7 nitrogen and oxygen atoms in total. The normalized spacial score (nSPS) is 27.6. The molecule has 3 fully saturated rings. The predicted octanol–water partition coefficient (Wildman–Crippen LogP) is 2.95. The quantitative estimate of drug-likeness (QED) is 0.607. The molecular formula is C26H24F3N3O4. The van der Waals surface area contributed by atoms with Crippen LogP contribution in [0, 0.1) is 11.8 Å². The summed E-state index contributed by atoms with van der Waals surface area (Å²) in [5.74, 6) is -4.07. The molecule has 3 aliphatic rings. The van der Waals surface area contributed by atoms with Crippen LogP contribution in [0.15, 0.2) is 54.6 Å². The van der Waals surface area contributed by atoms with E-state index in [1.54, 1.807) is 31.2 Å². The molecular weight excluding hydrogens is 475 g/mol. The molecule has 3 aliphatic heterocycles. The second-order valence-electron chi connectivity index (χ2n) is 9.56. The lowest BCUT2D eigenvalue weighted by Crippen LogP contribution is -2.68. The van der Waals surface area contributed by atoms with Crippen LogP contribution in [0.25, 0.3) is 0 Å². The minimum Gasteiger partial charge on any atom is -0.339 e. The fourth-order valence-corrected chi connectivity index (χ4v) is 5.94. The van der Waals surface area contributed by atoms with Gasteiger partial charge in [0, 0.05) is 18.7 Å². The van der Waals surface area contributed by atoms with E-state index in [1.165, 1.54) is 16.7 Å². The SMILES string of the molecule is CCN1CC2C3C(=O)N(Cc4ccccc4)C(=O)C3[C@](C)(C1=O)N2C(=O)c1ccc(C(F)(F)F)cc1. The van der Waals surface area contributed by atoms with Gasteiger partial charge in [0.2, 0.25) is 17.7 Å². The zero-order chi connectivity index (χ0) is 26.0. The van der Waals surface area contributed by atoms with Gasteiger partial charge in [-0.05, 0) is 43.7 Å². The van der Waals surface area contributed by atoms with Gasteiger partial charge in [0.1, 0.15) is 5.54 Å². The Morgan fingerprint density at radius 2 is 1.64 bits per heavy atom. The molecule has 0 aromatic heterocycles. The lowest BCUT2D eigenvalue weighted by molar-refractivity contribution is -0.155. The van der Waals surface area contributed by atoms with Gasteiger partial charge in [0.25, 0.3) is 5.91 Å². The van der Waals surface area contributed by atoms with Crippen LogP contribution in [-0.4, -0.2) is 63.0 Å². The summed E-state index contributed by atoms with van der Waals surface area (Å²) in [6.45, 7) is 3.73. The van der Waals surface area contributed by atoms with E-state index in [0.717, 1.165) is 34.7 Å². The summed E-state index contributed by atoms with van der Waals surface area (Å²) >= 11 is 0. The van der Waals surface area contributed by atoms with Crippen molar-refractivity contribution in [2.24, 2.45) is 11.8 Å². The molecule has 2 bridgehead atoms. The number of nitrogens with zero attached hydrogens (tertiary/aromatic N) is 3. The van der Waals surface area contributed by atoms with Gasteiger partial charge in [-0.2, -0.15) is 13.2 Å². The van der Waals surface area contributed by atoms with Gasteiger partial charge < -0.3 is 9.80 Å². The number of rotatable bonds is 4. The molecule has 36 heavy (non-hydrogen) atoms. The van der Waals surface area contributed by atoms with Crippen molar-refractivity contribution < 1.29 is 32.3 Å². The van der Waals surface area contributed by atoms with Crippen molar-refractivity contribution in [2.75, 3.05) is 13.1 Å². The van der Waals surface area contributed by atoms with E-state index in [-0.39, 0.29) is 18.7 Å². The number of hydrogen-bond acceptors (Lipinski definition) is 4. The predicted molar refractivity (Wildman–Crippen MR) is 121 cm³/mol. The largest absolute Gasteiger partial charge is 0.416 e. The van der Waals surface area contributed by atoms with Crippen LogP contribution < -0.4 is 0 Å². The zero-order valence-corrected chi connectivity index (χ0v) is 19.7. The van der Waals surface area contributed by atoms with Crippen LogP contribution in [0.5, 0.6) is 0 Å². The number of amides is 4. The van der Waals surface area contributed by atoms with E-state index in [2.05, 4.69) is 0 Å². The summed E-state index contributed by atoms with van der Waals surface area (Å²) in [6.07, 6.45) is -4.56. The van der Waals surface area contributed by atoms with Crippen molar-refractivity contribution in [1.82, 2.24) is 14.7 Å². The molecule has 4 atom stereocenters. The lowest BCUT2D eigenvalue weighted by atomic mass is 9.81. The van der Waals surface area contributed by atoms with Gasteiger partial charge >= 0.3 is 6.18 Å². The molecule has 0 radical (unpaired) electrons. The van der Waals surface area contributed by atoms with Crippen molar-refractivity contribution in [3.8, 4) is 0 Å². The maximum absolute atomic E-state index is 13.6. The lowest BCUT2D eigenvalue weighted by Gasteiger charge is -2.47. The van der Waals surface area contributed by atoms with Crippen LogP contribution in [0.4, 0.5) is 13.2 Å². The van der Waals surface area contributed by atoms with Crippen molar-refractivity contribution >= 4 is 23.6 Å². The van der Waals surface area contributed by atoms with Crippen molar-refractivity contribution in [3.05, 3.63) is 71.3 Å². The Labute approximate surface area is 205 Å². The highest BCUT2D eigenvalue weighted by Gasteiger charge is 2.73. The molecule has 0 saturated carbocycles. The topological polar surface area (TPSA) is 78.0 Å². The van der Waals surface area contributed by atoms with Gasteiger partial charge in [-0.15, -0.1) is 0 Å². The first-order valence-electron chi connectivity index (χ1n) is 11.7. The minimum absolute atomic E-state index is 0.0435. The molecule has 3 unspecified atom stereocenters. The summed E-state index contributed by atoms with van der Waals surface area (Å²) in [6, 6.07) is 12.0. The van der Waals surface area contributed by atoms with Crippen molar-refractivity contribution in [3.63, 3.8) is 0 Å². The van der Waals surface area contributed by atoms with Gasteiger partial charge in [-0.25, -0.2) is 0 Å². The Hall–Kier alpha value is -3.69. The third kappa shape index (κ3) is 3.34. The number of carbonyl (C=O) groups is 4. The zero-order valence-electron chi connectivity index (χ0n) is 19.7. The van der Waals surface area contributed by atoms with Gasteiger partial charge in [-0.3, -0.25) is 24.1 Å². The molecule has 4 amide bonds. The van der Waals surface area contributed by atoms with E-state index in [4.69, 9.17) is 0 Å². The number of fused-ring (bicyclic) bond motifs is 5. The molecule has 2 aromatic rings. The first kappa shape index (κ1) is 24.0. The summed E-state index contributed by atoms with van der Waals surface area (Å²) in [5, 5.41) is 0. The molecule has 2 aromatic carbocycles. The maximum Gasteiger partial charge on any atom is 0.416 e. The van der Waals surface area contributed by atoms with Gasteiger partial charge in [0.05, 0.1) is 30.0 Å². The maximum atomic E-state index is 13.6. The van der Waals surface area contributed by atoms with E-state index in [1.807, 2.05) is 6.07 Å². The van der Waals surface area contributed by atoms with Crippen LogP contribution in [0.2, 0.25) is 0 Å². The summed E-state index contributed by atoms with van der Waals surface area (Å²) in [4.78, 5) is 58.4. The number of imide groups is 1. The van der Waals surface area contributed by atoms with Crippen molar-refractivity contribution in [1.29, 1.82) is 0 Å². The molecule has 188 valence electrons. The Kier molecular flexibility index (Phi) is 5.46. The second kappa shape index (κ2) is 8.18. The van der Waals surface area contributed by atoms with Crippen LogP contribution in [0.3, 0.4) is 0 Å². The van der Waals surface area contributed by atoms with E-state index >= 15 is 0 Å². The highest BCUT2D eigenvalue weighted by molar-refractivity contribution is 6.13. The summed E-state index contributed by atoms with van der Waals surface area (Å²) in [7, 11) is 0. The van der Waals surface area contributed by atoms with Gasteiger partial charge in [0.15, 0.2) is 0 Å². The highest BCUT2D eigenvalue weighted by Crippen LogP contribution is 2.53. The number of alkyl halides is 3. The molecule has 3 saturated heterocycles. The minimum atomic E-state index is -4.56. The van der Waals surface area contributed by atoms with Crippen LogP contribution in [-0.2, 0) is 27.1 Å². The third-order valence-corrected chi connectivity index (χ3v) is 7.67. The average molecular weight is 499 g/mol. The summed E-state index contributed by atoms with van der Waals surface area (Å²) in [5.41, 5.74) is -1.83. The molecule has 10 heteroatoms. The number of halogens is 3. The number of likely N-dealkylation sites (tertiary alicyclic amines) is 2. The second-order valence-corrected chi connectivity index (χ2v) is 9.56. The van der Waals surface area contributed by atoms with Crippen LogP contribution >= 0.6 is 0 Å². The Balaban J connectivity index is 1.53. The first-order chi connectivity index (χ1) is 17.0. The monoisotopic (exact) mass is 499 g/mol. The van der Waals surface area contributed by atoms with E-state index < -0.39 is 58.8 Å². The highest BCUT2D eigenvalue weighted by atomic mass is 19.4. The van der Waals surface area contributed by atoms with Gasteiger partial charge in [-0.1, -0.05) is 30.3 Å². The molecule has 0 aliphatic carbocycles. The number of hydrogen-bond donors (Lipinski definition) is 0. The Morgan fingerprint density at radius 1 is 1.00 bits per heavy atom. The standard InChI is InChI=1S/C26H24F3N3O4/c1-3-30-14-18-19-20(23(35)31(22(19)34)13-15-7-5-4-6-8-15)25(2,24(30)36)32(18)21(33)16-9-11-17(12-10-16)26(27,28)29/h4-12,18-20H,3,13-14H2,1-2H3/t18?,19?,20?,25-/m1/s1. The van der Waals surface area contributed by atoms with Crippen LogP contribution in [0.1, 0.15) is 35.3 Å². The average Bonchev–Trinajstić information content (AvgIpc) is 3.23. The van der Waals surface area contributed by atoms with Crippen molar-refractivity contribution in [2.45, 2.75) is 38.1 Å². The number of carbonyl (C=O) groups excluding carboxylic acids is 4. The third-order valence-electron chi connectivity index (χ3n) is 7.67. The summed E-state index contributed by atoms with van der Waals surface area (Å²) < 4.78 is 39.0. The number of benzene rings is 2. The fourth-order valence-electron chi connectivity index (χ4n) is 5.94. The van der Waals surface area contributed by atoms with E-state index in [0.29, 0.717) is 6.54 Å². The smallest absolute Gasteiger partial charge is 0.339 e. The number of piperazine rings is 1. The first-order valence-corrected chi connectivity index (χ1v) is 11.7. The Morgan fingerprint density at radius 3 is 2.22 bits per heavy atom. The Bertz CT molecular complexity index is 1250. The molecule has 3 heterocycles. The molecule has 0 N–H and O–H groups in total. The fraction of sp³-hybridized carbons (Fsp3) is 0.385. The molecule has 0 spiro atoms. The molecule has 5 rings (SSSR count).